The molecule has 0 atom stereocenters. The van der Waals surface area contributed by atoms with E-state index in [1.165, 1.54) is 6.21 Å². The van der Waals surface area contributed by atoms with Crippen LogP contribution >= 0.6 is 0 Å². The van der Waals surface area contributed by atoms with E-state index in [-0.39, 0.29) is 0 Å². The van der Waals surface area contributed by atoms with Crippen LogP contribution in [-0.2, 0) is 0 Å². The van der Waals surface area contributed by atoms with E-state index in [9.17, 15) is 0 Å². The Morgan fingerprint density at radius 2 is 2.21 bits per heavy atom. The third-order valence-corrected chi connectivity index (χ3v) is 3.03. The quantitative estimate of drug-likeness (QED) is 0.350. The van der Waals surface area contributed by atoms with Gasteiger partial charge in [-0.15, -0.1) is 0 Å². The van der Waals surface area contributed by atoms with Crippen molar-refractivity contribution < 1.29 is 5.21 Å². The van der Waals surface area contributed by atoms with Crippen LogP contribution in [0.5, 0.6) is 0 Å². The number of rotatable bonds is 1. The van der Waals surface area contributed by atoms with Crippen LogP contribution in [0.25, 0.3) is 10.9 Å². The standard InChI is InChI=1S/C10H7AsN2O/c11-10-7(6-13-14)3-4-9-8(10)2-1-5-12-9/h1-6,14H/b13-6+. The van der Waals surface area contributed by atoms with E-state index in [2.05, 4.69) is 27.0 Å². The predicted molar refractivity (Wildman–Crippen MR) is 56.5 cm³/mol. The van der Waals surface area contributed by atoms with E-state index in [0.29, 0.717) is 0 Å². The molecular weight excluding hydrogens is 239 g/mol. The molecule has 4 heteroatoms. The third-order valence-electron chi connectivity index (χ3n) is 1.98. The van der Waals surface area contributed by atoms with Gasteiger partial charge in [-0.05, 0) is 0 Å². The van der Waals surface area contributed by atoms with Gasteiger partial charge in [0.05, 0.1) is 0 Å². The maximum atomic E-state index is 8.46. The monoisotopic (exact) mass is 246 g/mol. The zero-order chi connectivity index (χ0) is 9.97. The summed E-state index contributed by atoms with van der Waals surface area (Å²) in [4.78, 5) is 4.23. The van der Waals surface area contributed by atoms with Crippen LogP contribution < -0.4 is 4.35 Å². The van der Waals surface area contributed by atoms with Crippen LogP contribution in [0.3, 0.4) is 0 Å². The summed E-state index contributed by atoms with van der Waals surface area (Å²) in [6.07, 6.45) is 3.18. The Bertz CT molecular complexity index is 496. The van der Waals surface area contributed by atoms with Gasteiger partial charge < -0.3 is 0 Å². The summed E-state index contributed by atoms with van der Waals surface area (Å²) in [5.74, 6) is 0. The van der Waals surface area contributed by atoms with Gasteiger partial charge in [-0.3, -0.25) is 0 Å². The van der Waals surface area contributed by atoms with Crippen molar-refractivity contribution in [1.29, 1.82) is 0 Å². The van der Waals surface area contributed by atoms with Crippen molar-refractivity contribution in [3.8, 4) is 0 Å². The Kier molecular flexibility index (Phi) is 2.51. The summed E-state index contributed by atoms with van der Waals surface area (Å²) in [7, 11) is 0. The minimum atomic E-state index is 0.882. The fraction of sp³-hybridized carbons (Fsp3) is 0. The fourth-order valence-corrected chi connectivity index (χ4v) is 1.99. The Balaban J connectivity index is 2.75. The molecule has 0 aliphatic rings. The van der Waals surface area contributed by atoms with Gasteiger partial charge in [-0.2, -0.15) is 0 Å². The molecule has 2 aromatic rings. The van der Waals surface area contributed by atoms with Gasteiger partial charge in [0, 0.05) is 0 Å². The molecular formula is C10H7AsN2O. The van der Waals surface area contributed by atoms with Crippen molar-refractivity contribution in [3.63, 3.8) is 0 Å². The van der Waals surface area contributed by atoms with Gasteiger partial charge >= 0.3 is 89.7 Å². The first-order valence-electron chi connectivity index (χ1n) is 4.07. The van der Waals surface area contributed by atoms with E-state index >= 15 is 0 Å². The van der Waals surface area contributed by atoms with Gasteiger partial charge in [0.25, 0.3) is 0 Å². The average Bonchev–Trinajstić information content (AvgIpc) is 2.23. The molecule has 1 heterocycles. The van der Waals surface area contributed by atoms with E-state index in [1.54, 1.807) is 6.20 Å². The fourth-order valence-electron chi connectivity index (χ4n) is 1.32. The third kappa shape index (κ3) is 1.51. The maximum absolute atomic E-state index is 8.46. The molecule has 1 aromatic carbocycles. The summed E-state index contributed by atoms with van der Waals surface area (Å²) in [6, 6.07) is 7.66. The number of oxime groups is 1. The van der Waals surface area contributed by atoms with Crippen molar-refractivity contribution in [3.05, 3.63) is 36.0 Å². The first kappa shape index (κ1) is 9.22. The van der Waals surface area contributed by atoms with Gasteiger partial charge in [-0.25, -0.2) is 0 Å². The molecule has 0 saturated heterocycles. The van der Waals surface area contributed by atoms with Gasteiger partial charge in [0.2, 0.25) is 0 Å². The molecule has 0 saturated carbocycles. The molecule has 0 aliphatic heterocycles. The molecule has 0 bridgehead atoms. The van der Waals surface area contributed by atoms with Gasteiger partial charge in [0.15, 0.2) is 0 Å². The Morgan fingerprint density at radius 1 is 1.36 bits per heavy atom. The predicted octanol–water partition coefficient (Wildman–Crippen LogP) is 0.837. The second kappa shape index (κ2) is 3.80. The summed E-state index contributed by atoms with van der Waals surface area (Å²) in [5, 5.41) is 12.5. The normalized spacial score (nSPS) is 11.2. The number of aromatic nitrogens is 1. The number of hydrogen-bond donors (Lipinski definition) is 1. The van der Waals surface area contributed by atoms with Crippen molar-refractivity contribution >= 4 is 38.3 Å². The minimum absolute atomic E-state index is 0.882. The van der Waals surface area contributed by atoms with Gasteiger partial charge in [-0.1, -0.05) is 0 Å². The second-order valence-electron chi connectivity index (χ2n) is 2.82. The summed E-state index contributed by atoms with van der Waals surface area (Å²) < 4.78 is 1.01. The molecule has 0 aliphatic carbocycles. The van der Waals surface area contributed by atoms with E-state index in [0.717, 1.165) is 20.8 Å². The molecule has 2 radical (unpaired) electrons. The topological polar surface area (TPSA) is 45.5 Å². The van der Waals surface area contributed by atoms with E-state index in [4.69, 9.17) is 5.21 Å². The number of benzene rings is 1. The van der Waals surface area contributed by atoms with Crippen LogP contribution in [0, 0.1) is 0 Å². The summed E-state index contributed by atoms with van der Waals surface area (Å²) in [5.41, 5.74) is 1.83. The molecule has 1 aromatic heterocycles. The van der Waals surface area contributed by atoms with Crippen LogP contribution in [0.4, 0.5) is 0 Å². The molecule has 0 fully saturated rings. The average molecular weight is 246 g/mol. The van der Waals surface area contributed by atoms with Crippen molar-refractivity contribution in [2.45, 2.75) is 0 Å². The molecule has 3 nitrogen and oxygen atoms in total. The molecule has 0 amide bonds. The zero-order valence-corrected chi connectivity index (χ0v) is 9.13. The van der Waals surface area contributed by atoms with Crippen LogP contribution in [0.15, 0.2) is 35.6 Å². The first-order valence-corrected chi connectivity index (χ1v) is 5.01. The first-order chi connectivity index (χ1) is 6.83. The number of hydrogen-bond acceptors (Lipinski definition) is 3. The van der Waals surface area contributed by atoms with Crippen molar-refractivity contribution in [2.75, 3.05) is 0 Å². The Morgan fingerprint density at radius 3 is 3.00 bits per heavy atom. The van der Waals surface area contributed by atoms with E-state index in [1.807, 2.05) is 24.3 Å². The SMILES string of the molecule is O/N=C/c1ccc2ncccc2c1[As]. The summed E-state index contributed by atoms with van der Waals surface area (Å²) in [6.45, 7) is 0. The van der Waals surface area contributed by atoms with Crippen LogP contribution in [0.1, 0.15) is 5.56 Å². The molecule has 14 heavy (non-hydrogen) atoms. The Labute approximate surface area is 90.0 Å². The van der Waals surface area contributed by atoms with E-state index < -0.39 is 0 Å². The second-order valence-corrected chi connectivity index (χ2v) is 3.76. The van der Waals surface area contributed by atoms with Crippen LogP contribution in [0.2, 0.25) is 0 Å². The number of pyridine rings is 1. The summed E-state index contributed by atoms with van der Waals surface area (Å²) >= 11 is 2.47. The molecule has 0 spiro atoms. The number of fused-ring (bicyclic) bond motifs is 1. The van der Waals surface area contributed by atoms with Crippen molar-refractivity contribution in [2.24, 2.45) is 5.16 Å². The van der Waals surface area contributed by atoms with Crippen molar-refractivity contribution in [1.82, 2.24) is 4.98 Å². The van der Waals surface area contributed by atoms with Crippen LogP contribution in [-0.4, -0.2) is 33.3 Å². The molecule has 0 unspecified atom stereocenters. The Hall–Kier alpha value is -1.34. The molecule has 1 N–H and O–H groups in total. The zero-order valence-electron chi connectivity index (χ0n) is 7.25. The molecule has 2 rings (SSSR count). The van der Waals surface area contributed by atoms with Gasteiger partial charge in [0.1, 0.15) is 0 Å². The molecule has 68 valence electrons. The number of nitrogens with zero attached hydrogens (tertiary/aromatic N) is 2.